The predicted molar refractivity (Wildman–Crippen MR) is 91.2 cm³/mol. The first kappa shape index (κ1) is 15.8. The molecule has 1 fully saturated rings. The van der Waals surface area contributed by atoms with Gasteiger partial charge in [-0.3, -0.25) is 9.69 Å². The number of furan rings is 1. The van der Waals surface area contributed by atoms with Crippen LogP contribution in [-0.2, 0) is 0 Å². The standard InChI is InChI=1S/C16H19BrN2O2S/c17-15-7-6-14(22-15)16(20)18-11-12(13-5-4-10-21-13)19-8-2-1-3-9-19/h4-7,10,12H,1-3,8-9,11H2,(H,18,20). The Kier molecular flexibility index (Phi) is 5.33. The van der Waals surface area contributed by atoms with Gasteiger partial charge in [0.2, 0.25) is 0 Å². The SMILES string of the molecule is O=C(NCC(c1ccco1)N1CCCCC1)c1ccc(Br)s1. The molecule has 1 aliphatic rings. The first-order chi connectivity index (χ1) is 10.7. The molecule has 0 aromatic carbocycles. The maximum Gasteiger partial charge on any atom is 0.261 e. The van der Waals surface area contributed by atoms with E-state index in [2.05, 4.69) is 26.1 Å². The fraction of sp³-hybridized carbons (Fsp3) is 0.438. The number of likely N-dealkylation sites (tertiary alicyclic amines) is 1. The average Bonchev–Trinajstić information content (AvgIpc) is 3.20. The highest BCUT2D eigenvalue weighted by atomic mass is 79.9. The molecule has 1 atom stereocenters. The van der Waals surface area contributed by atoms with Crippen LogP contribution < -0.4 is 5.32 Å². The molecule has 6 heteroatoms. The molecular formula is C16H19BrN2O2S. The second kappa shape index (κ2) is 7.44. The summed E-state index contributed by atoms with van der Waals surface area (Å²) in [4.78, 5) is 15.4. The van der Waals surface area contributed by atoms with Crippen molar-refractivity contribution in [2.45, 2.75) is 25.3 Å². The summed E-state index contributed by atoms with van der Waals surface area (Å²) in [6, 6.07) is 7.75. The number of hydrogen-bond donors (Lipinski definition) is 1. The molecule has 2 aromatic rings. The molecule has 22 heavy (non-hydrogen) atoms. The van der Waals surface area contributed by atoms with Crippen molar-refractivity contribution in [1.82, 2.24) is 10.2 Å². The third kappa shape index (κ3) is 3.80. The van der Waals surface area contributed by atoms with Crippen molar-refractivity contribution >= 4 is 33.2 Å². The largest absolute Gasteiger partial charge is 0.468 e. The van der Waals surface area contributed by atoms with Crippen molar-refractivity contribution in [3.63, 3.8) is 0 Å². The summed E-state index contributed by atoms with van der Waals surface area (Å²) in [5, 5.41) is 3.05. The number of carbonyl (C=O) groups excluding carboxylic acids is 1. The number of hydrogen-bond acceptors (Lipinski definition) is 4. The van der Waals surface area contributed by atoms with Gasteiger partial charge >= 0.3 is 0 Å². The third-order valence-corrected chi connectivity index (χ3v) is 5.58. The number of amides is 1. The Morgan fingerprint density at radius 1 is 1.32 bits per heavy atom. The molecule has 118 valence electrons. The summed E-state index contributed by atoms with van der Waals surface area (Å²) in [7, 11) is 0. The van der Waals surface area contributed by atoms with Gasteiger partial charge in [0.05, 0.1) is 21.0 Å². The minimum absolute atomic E-state index is 0.0238. The lowest BCUT2D eigenvalue weighted by Gasteiger charge is -2.33. The van der Waals surface area contributed by atoms with Crippen molar-refractivity contribution in [1.29, 1.82) is 0 Å². The lowest BCUT2D eigenvalue weighted by atomic mass is 10.1. The molecule has 1 saturated heterocycles. The first-order valence-corrected chi connectivity index (χ1v) is 9.16. The van der Waals surface area contributed by atoms with Gasteiger partial charge < -0.3 is 9.73 Å². The van der Waals surface area contributed by atoms with Gasteiger partial charge in [-0.05, 0) is 66.1 Å². The number of piperidine rings is 1. The molecule has 1 unspecified atom stereocenters. The smallest absolute Gasteiger partial charge is 0.261 e. The minimum Gasteiger partial charge on any atom is -0.468 e. The zero-order chi connectivity index (χ0) is 15.4. The van der Waals surface area contributed by atoms with Crippen LogP contribution in [0.1, 0.15) is 40.7 Å². The highest BCUT2D eigenvalue weighted by Gasteiger charge is 2.25. The molecule has 1 amide bonds. The molecule has 0 radical (unpaired) electrons. The molecule has 0 aliphatic carbocycles. The van der Waals surface area contributed by atoms with Crippen molar-refractivity contribution in [3.8, 4) is 0 Å². The van der Waals surface area contributed by atoms with Crippen LogP contribution in [-0.4, -0.2) is 30.4 Å². The maximum absolute atomic E-state index is 12.2. The number of carbonyl (C=O) groups is 1. The Balaban J connectivity index is 1.66. The van der Waals surface area contributed by atoms with Crippen LogP contribution in [0, 0.1) is 0 Å². The lowest BCUT2D eigenvalue weighted by molar-refractivity contribution is 0.0918. The van der Waals surface area contributed by atoms with Gasteiger partial charge in [0.15, 0.2) is 0 Å². The first-order valence-electron chi connectivity index (χ1n) is 7.55. The quantitative estimate of drug-likeness (QED) is 0.847. The Labute approximate surface area is 142 Å². The van der Waals surface area contributed by atoms with E-state index >= 15 is 0 Å². The van der Waals surface area contributed by atoms with E-state index in [1.807, 2.05) is 24.3 Å². The highest BCUT2D eigenvalue weighted by molar-refractivity contribution is 9.11. The van der Waals surface area contributed by atoms with E-state index in [0.717, 1.165) is 27.5 Å². The molecule has 3 heterocycles. The van der Waals surface area contributed by atoms with Gasteiger partial charge in [-0.2, -0.15) is 0 Å². The van der Waals surface area contributed by atoms with Crippen molar-refractivity contribution in [2.24, 2.45) is 0 Å². The van der Waals surface area contributed by atoms with Crippen LogP contribution in [0.4, 0.5) is 0 Å². The third-order valence-electron chi connectivity index (χ3n) is 3.96. The van der Waals surface area contributed by atoms with Crippen LogP contribution in [0.5, 0.6) is 0 Å². The number of halogens is 1. The highest BCUT2D eigenvalue weighted by Crippen LogP contribution is 2.25. The summed E-state index contributed by atoms with van der Waals surface area (Å²) in [5.74, 6) is 0.902. The maximum atomic E-state index is 12.2. The van der Waals surface area contributed by atoms with Crippen molar-refractivity contribution < 1.29 is 9.21 Å². The van der Waals surface area contributed by atoms with Gasteiger partial charge in [0.1, 0.15) is 5.76 Å². The number of rotatable bonds is 5. The Morgan fingerprint density at radius 3 is 2.77 bits per heavy atom. The molecule has 1 N–H and O–H groups in total. The monoisotopic (exact) mass is 382 g/mol. The van der Waals surface area contributed by atoms with Crippen molar-refractivity contribution in [2.75, 3.05) is 19.6 Å². The van der Waals surface area contributed by atoms with Crippen LogP contribution >= 0.6 is 27.3 Å². The molecule has 2 aromatic heterocycles. The van der Waals surface area contributed by atoms with Crippen LogP contribution in [0.2, 0.25) is 0 Å². The van der Waals surface area contributed by atoms with Gasteiger partial charge in [-0.25, -0.2) is 0 Å². The van der Waals surface area contributed by atoms with E-state index < -0.39 is 0 Å². The van der Waals surface area contributed by atoms with E-state index in [-0.39, 0.29) is 11.9 Å². The molecule has 0 bridgehead atoms. The topological polar surface area (TPSA) is 45.5 Å². The number of nitrogens with zero attached hydrogens (tertiary/aromatic N) is 1. The summed E-state index contributed by atoms with van der Waals surface area (Å²) in [5.41, 5.74) is 0. The second-order valence-corrected chi connectivity index (χ2v) is 7.90. The fourth-order valence-electron chi connectivity index (χ4n) is 2.83. The Morgan fingerprint density at radius 2 is 2.14 bits per heavy atom. The Hall–Kier alpha value is -1.11. The zero-order valence-electron chi connectivity index (χ0n) is 12.3. The summed E-state index contributed by atoms with van der Waals surface area (Å²) in [6.45, 7) is 2.69. The molecule has 4 nitrogen and oxygen atoms in total. The van der Waals surface area contributed by atoms with E-state index in [1.165, 1.54) is 30.6 Å². The molecule has 1 aliphatic heterocycles. The lowest BCUT2D eigenvalue weighted by Crippen LogP contribution is -2.40. The number of thiophene rings is 1. The summed E-state index contributed by atoms with van der Waals surface area (Å²) >= 11 is 4.84. The van der Waals surface area contributed by atoms with E-state index in [9.17, 15) is 4.79 Å². The molecular weight excluding hydrogens is 364 g/mol. The van der Waals surface area contributed by atoms with E-state index in [4.69, 9.17) is 4.42 Å². The van der Waals surface area contributed by atoms with E-state index in [1.54, 1.807) is 6.26 Å². The Bertz CT molecular complexity index is 605. The fourth-order valence-corrected chi connectivity index (χ4v) is 4.14. The molecule has 0 spiro atoms. The summed E-state index contributed by atoms with van der Waals surface area (Å²) < 4.78 is 6.56. The van der Waals surface area contributed by atoms with Crippen LogP contribution in [0.25, 0.3) is 0 Å². The van der Waals surface area contributed by atoms with Gasteiger partial charge in [0.25, 0.3) is 5.91 Å². The van der Waals surface area contributed by atoms with Gasteiger partial charge in [0, 0.05) is 6.54 Å². The summed E-state index contributed by atoms with van der Waals surface area (Å²) in [6.07, 6.45) is 5.41. The number of nitrogens with one attached hydrogen (secondary N) is 1. The minimum atomic E-state index is -0.0238. The van der Waals surface area contributed by atoms with Gasteiger partial charge in [-0.15, -0.1) is 11.3 Å². The van der Waals surface area contributed by atoms with E-state index in [0.29, 0.717) is 6.54 Å². The van der Waals surface area contributed by atoms with Crippen LogP contribution in [0.15, 0.2) is 38.7 Å². The van der Waals surface area contributed by atoms with Crippen LogP contribution in [0.3, 0.4) is 0 Å². The molecule has 3 rings (SSSR count). The van der Waals surface area contributed by atoms with Gasteiger partial charge in [-0.1, -0.05) is 6.42 Å². The normalized spacial score (nSPS) is 17.3. The van der Waals surface area contributed by atoms with Crippen molar-refractivity contribution in [3.05, 3.63) is 45.0 Å². The average molecular weight is 383 g/mol. The zero-order valence-corrected chi connectivity index (χ0v) is 14.7. The predicted octanol–water partition coefficient (Wildman–Crippen LogP) is 4.06. The second-order valence-electron chi connectivity index (χ2n) is 5.44. The molecule has 0 saturated carbocycles.